The van der Waals surface area contributed by atoms with Crippen LogP contribution in [0.4, 0.5) is 0 Å². The van der Waals surface area contributed by atoms with Gasteiger partial charge in [-0.3, -0.25) is 0 Å². The Bertz CT molecular complexity index is 111. The van der Waals surface area contributed by atoms with Crippen LogP contribution < -0.4 is 11.5 Å². The molecule has 0 bridgehead atoms. The molecule has 68 valence electrons. The Morgan fingerprint density at radius 1 is 1.00 bits per heavy atom. The maximum absolute atomic E-state index is 5.97. The maximum atomic E-state index is 5.97. The van der Waals surface area contributed by atoms with Gasteiger partial charge in [-0.05, 0) is 40.0 Å². The molecule has 11 heavy (non-hydrogen) atoms. The SMILES string of the molecule is CCC(C)(N)CCC(C)(C)N. The molecule has 4 N–H and O–H groups in total. The van der Waals surface area contributed by atoms with Gasteiger partial charge in [0.05, 0.1) is 0 Å². The molecule has 1 atom stereocenters. The Morgan fingerprint density at radius 2 is 1.45 bits per heavy atom. The fraction of sp³-hybridized carbons (Fsp3) is 1.00. The summed E-state index contributed by atoms with van der Waals surface area (Å²) in [6.07, 6.45) is 3.02. The van der Waals surface area contributed by atoms with Crippen molar-refractivity contribution in [1.29, 1.82) is 0 Å². The third-order valence-corrected chi connectivity index (χ3v) is 2.15. The lowest BCUT2D eigenvalue weighted by atomic mass is 9.88. The van der Waals surface area contributed by atoms with Crippen LogP contribution in [0.2, 0.25) is 0 Å². The smallest absolute Gasteiger partial charge is 0.0123 e. The van der Waals surface area contributed by atoms with Crippen LogP contribution in [-0.4, -0.2) is 11.1 Å². The molecule has 0 heterocycles. The van der Waals surface area contributed by atoms with Crippen molar-refractivity contribution in [3.63, 3.8) is 0 Å². The first kappa shape index (κ1) is 10.9. The van der Waals surface area contributed by atoms with Gasteiger partial charge in [-0.25, -0.2) is 0 Å². The normalized spacial score (nSPS) is 18.0. The molecule has 0 saturated heterocycles. The third kappa shape index (κ3) is 6.32. The first-order valence-corrected chi connectivity index (χ1v) is 4.35. The largest absolute Gasteiger partial charge is 0.326 e. The molecule has 0 amide bonds. The van der Waals surface area contributed by atoms with Crippen molar-refractivity contribution in [2.24, 2.45) is 11.5 Å². The number of rotatable bonds is 4. The van der Waals surface area contributed by atoms with Crippen LogP contribution in [0.3, 0.4) is 0 Å². The van der Waals surface area contributed by atoms with Crippen molar-refractivity contribution in [2.45, 2.75) is 58.0 Å². The highest BCUT2D eigenvalue weighted by atomic mass is 14.7. The molecular formula is C9H22N2. The van der Waals surface area contributed by atoms with Crippen molar-refractivity contribution in [3.8, 4) is 0 Å². The van der Waals surface area contributed by atoms with Gasteiger partial charge in [-0.15, -0.1) is 0 Å². The average molecular weight is 158 g/mol. The second-order valence-corrected chi connectivity index (χ2v) is 4.50. The molecule has 0 aliphatic carbocycles. The molecule has 2 nitrogen and oxygen atoms in total. The van der Waals surface area contributed by atoms with E-state index in [0.29, 0.717) is 0 Å². The first-order chi connectivity index (χ1) is 4.77. The van der Waals surface area contributed by atoms with E-state index >= 15 is 0 Å². The van der Waals surface area contributed by atoms with Gasteiger partial charge in [0.2, 0.25) is 0 Å². The lowest BCUT2D eigenvalue weighted by Gasteiger charge is -2.27. The van der Waals surface area contributed by atoms with Crippen molar-refractivity contribution < 1.29 is 0 Å². The van der Waals surface area contributed by atoms with Crippen LogP contribution in [0.5, 0.6) is 0 Å². The molecule has 0 spiro atoms. The van der Waals surface area contributed by atoms with Gasteiger partial charge in [-0.2, -0.15) is 0 Å². The van der Waals surface area contributed by atoms with Crippen LogP contribution in [0.25, 0.3) is 0 Å². The zero-order valence-electron chi connectivity index (χ0n) is 8.28. The van der Waals surface area contributed by atoms with Crippen molar-refractivity contribution >= 4 is 0 Å². The summed E-state index contributed by atoms with van der Waals surface area (Å²) in [6.45, 7) is 8.28. The molecule has 0 aromatic carbocycles. The van der Waals surface area contributed by atoms with E-state index in [0.717, 1.165) is 19.3 Å². The van der Waals surface area contributed by atoms with Crippen LogP contribution in [0, 0.1) is 0 Å². The van der Waals surface area contributed by atoms with Gasteiger partial charge >= 0.3 is 0 Å². The van der Waals surface area contributed by atoms with Crippen LogP contribution in [0.15, 0.2) is 0 Å². The molecule has 1 unspecified atom stereocenters. The quantitative estimate of drug-likeness (QED) is 0.653. The maximum Gasteiger partial charge on any atom is 0.0123 e. The van der Waals surface area contributed by atoms with Gasteiger partial charge < -0.3 is 11.5 Å². The molecule has 0 aromatic heterocycles. The molecule has 0 aliphatic rings. The van der Waals surface area contributed by atoms with E-state index in [9.17, 15) is 0 Å². The highest BCUT2D eigenvalue weighted by Gasteiger charge is 2.19. The molecule has 2 heteroatoms. The summed E-state index contributed by atoms with van der Waals surface area (Å²) in [4.78, 5) is 0. The van der Waals surface area contributed by atoms with E-state index in [1.165, 1.54) is 0 Å². The fourth-order valence-corrected chi connectivity index (χ4v) is 0.785. The lowest BCUT2D eigenvalue weighted by molar-refractivity contribution is 0.348. The number of nitrogens with two attached hydrogens (primary N) is 2. The second-order valence-electron chi connectivity index (χ2n) is 4.50. The van der Waals surface area contributed by atoms with Crippen LogP contribution in [-0.2, 0) is 0 Å². The standard InChI is InChI=1S/C9H22N2/c1-5-9(4,11)7-6-8(2,3)10/h5-7,10-11H2,1-4H3. The molecular weight excluding hydrogens is 136 g/mol. The fourth-order valence-electron chi connectivity index (χ4n) is 0.785. The summed E-state index contributed by atoms with van der Waals surface area (Å²) in [7, 11) is 0. The monoisotopic (exact) mass is 158 g/mol. The molecule has 0 radical (unpaired) electrons. The van der Waals surface area contributed by atoms with Gasteiger partial charge in [0.1, 0.15) is 0 Å². The van der Waals surface area contributed by atoms with E-state index in [2.05, 4.69) is 13.8 Å². The minimum atomic E-state index is -0.0736. The van der Waals surface area contributed by atoms with Gasteiger partial charge in [0, 0.05) is 11.1 Å². The van der Waals surface area contributed by atoms with Crippen LogP contribution in [0.1, 0.15) is 47.0 Å². The van der Waals surface area contributed by atoms with E-state index in [1.807, 2.05) is 13.8 Å². The van der Waals surface area contributed by atoms with E-state index in [4.69, 9.17) is 11.5 Å². The second kappa shape index (κ2) is 3.55. The zero-order chi connectivity index (χ0) is 9.12. The Kier molecular flexibility index (Phi) is 3.52. The van der Waals surface area contributed by atoms with Crippen molar-refractivity contribution in [1.82, 2.24) is 0 Å². The van der Waals surface area contributed by atoms with E-state index in [1.54, 1.807) is 0 Å². The molecule has 0 rings (SSSR count). The molecule has 0 aliphatic heterocycles. The molecule has 0 aromatic rings. The topological polar surface area (TPSA) is 52.0 Å². The Balaban J connectivity index is 3.70. The number of hydrogen-bond donors (Lipinski definition) is 2. The minimum absolute atomic E-state index is 0.0311. The van der Waals surface area contributed by atoms with Crippen molar-refractivity contribution in [2.75, 3.05) is 0 Å². The predicted octanol–water partition coefficient (Wildman–Crippen LogP) is 1.63. The summed E-state index contributed by atoms with van der Waals surface area (Å²) in [5.41, 5.74) is 11.7. The first-order valence-electron chi connectivity index (χ1n) is 4.35. The summed E-state index contributed by atoms with van der Waals surface area (Å²) in [5, 5.41) is 0. The van der Waals surface area contributed by atoms with Gasteiger partial charge in [0.25, 0.3) is 0 Å². The number of hydrogen-bond acceptors (Lipinski definition) is 2. The van der Waals surface area contributed by atoms with Crippen LogP contribution >= 0.6 is 0 Å². The lowest BCUT2D eigenvalue weighted by Crippen LogP contribution is -2.40. The third-order valence-electron chi connectivity index (χ3n) is 2.15. The molecule has 0 saturated carbocycles. The highest BCUT2D eigenvalue weighted by Crippen LogP contribution is 2.17. The van der Waals surface area contributed by atoms with E-state index < -0.39 is 0 Å². The minimum Gasteiger partial charge on any atom is -0.326 e. The zero-order valence-corrected chi connectivity index (χ0v) is 8.28. The van der Waals surface area contributed by atoms with Gasteiger partial charge in [0.15, 0.2) is 0 Å². The average Bonchev–Trinajstić information content (AvgIpc) is 1.83. The highest BCUT2D eigenvalue weighted by molar-refractivity contribution is 4.82. The predicted molar refractivity (Wildman–Crippen MR) is 50.4 cm³/mol. The summed E-state index contributed by atoms with van der Waals surface area (Å²) in [5.74, 6) is 0. The summed E-state index contributed by atoms with van der Waals surface area (Å²) in [6, 6.07) is 0. The Morgan fingerprint density at radius 3 is 1.73 bits per heavy atom. The van der Waals surface area contributed by atoms with Gasteiger partial charge in [-0.1, -0.05) is 6.92 Å². The molecule has 0 fully saturated rings. The van der Waals surface area contributed by atoms with E-state index in [-0.39, 0.29) is 11.1 Å². The summed E-state index contributed by atoms with van der Waals surface area (Å²) < 4.78 is 0. The Labute approximate surface area is 70.3 Å². The van der Waals surface area contributed by atoms with Crippen molar-refractivity contribution in [3.05, 3.63) is 0 Å². The summed E-state index contributed by atoms with van der Waals surface area (Å²) >= 11 is 0. The Hall–Kier alpha value is -0.0800.